The van der Waals surface area contributed by atoms with Crippen molar-refractivity contribution in [1.29, 1.82) is 0 Å². The fourth-order valence-corrected chi connectivity index (χ4v) is 1.93. The molecule has 1 unspecified atom stereocenters. The van der Waals surface area contributed by atoms with Gasteiger partial charge in [-0.1, -0.05) is 0 Å². The van der Waals surface area contributed by atoms with Crippen LogP contribution in [0.15, 0.2) is 16.7 Å². The van der Waals surface area contributed by atoms with Gasteiger partial charge in [0.2, 0.25) is 0 Å². The van der Waals surface area contributed by atoms with Crippen LogP contribution in [0.3, 0.4) is 0 Å². The Bertz CT molecular complexity index is 355. The standard InChI is InChI=1S/C9H13BrN2OS/c1-6(2)14(13)12-8-4-5-9(10)11-7(8)3/h4-6,12H,1-3H3. The van der Waals surface area contributed by atoms with E-state index in [-0.39, 0.29) is 5.25 Å². The van der Waals surface area contributed by atoms with Crippen molar-refractivity contribution in [2.45, 2.75) is 26.0 Å². The van der Waals surface area contributed by atoms with Crippen molar-refractivity contribution in [2.24, 2.45) is 0 Å². The van der Waals surface area contributed by atoms with Crippen LogP contribution in [0.1, 0.15) is 19.5 Å². The average Bonchev–Trinajstić information content (AvgIpc) is 2.09. The summed E-state index contributed by atoms with van der Waals surface area (Å²) in [5, 5.41) is 0.0954. The van der Waals surface area contributed by atoms with E-state index >= 15 is 0 Å². The van der Waals surface area contributed by atoms with Crippen molar-refractivity contribution in [3.63, 3.8) is 0 Å². The zero-order valence-electron chi connectivity index (χ0n) is 8.37. The molecular weight excluding hydrogens is 264 g/mol. The van der Waals surface area contributed by atoms with Crippen LogP contribution in [0.4, 0.5) is 5.69 Å². The first kappa shape index (κ1) is 11.7. The number of hydrogen-bond acceptors (Lipinski definition) is 2. The van der Waals surface area contributed by atoms with Crippen LogP contribution in [0.2, 0.25) is 0 Å². The lowest BCUT2D eigenvalue weighted by Gasteiger charge is -2.10. The summed E-state index contributed by atoms with van der Waals surface area (Å²) in [5.41, 5.74) is 1.66. The van der Waals surface area contributed by atoms with Crippen molar-refractivity contribution in [3.05, 3.63) is 22.4 Å². The third-order valence-corrected chi connectivity index (χ3v) is 3.41. The van der Waals surface area contributed by atoms with Gasteiger partial charge in [-0.2, -0.15) is 0 Å². The van der Waals surface area contributed by atoms with E-state index in [0.29, 0.717) is 0 Å². The lowest BCUT2D eigenvalue weighted by Crippen LogP contribution is -2.15. The molecule has 0 aliphatic rings. The van der Waals surface area contributed by atoms with E-state index in [1.807, 2.05) is 32.9 Å². The van der Waals surface area contributed by atoms with Gasteiger partial charge < -0.3 is 4.72 Å². The number of aromatic nitrogens is 1. The Morgan fingerprint density at radius 3 is 2.64 bits per heavy atom. The Labute approximate surface area is 95.0 Å². The topological polar surface area (TPSA) is 42.0 Å². The van der Waals surface area contributed by atoms with Crippen molar-refractivity contribution in [2.75, 3.05) is 4.72 Å². The zero-order valence-corrected chi connectivity index (χ0v) is 10.8. The molecule has 1 aromatic rings. The molecule has 1 atom stereocenters. The third kappa shape index (κ3) is 3.06. The molecule has 3 nitrogen and oxygen atoms in total. The molecule has 0 amide bonds. The third-order valence-electron chi connectivity index (χ3n) is 1.69. The number of nitrogens with zero attached hydrogens (tertiary/aromatic N) is 1. The summed E-state index contributed by atoms with van der Waals surface area (Å²) >= 11 is 3.28. The molecule has 0 aliphatic heterocycles. The van der Waals surface area contributed by atoms with Gasteiger partial charge in [0.05, 0.1) is 11.4 Å². The van der Waals surface area contributed by atoms with Gasteiger partial charge in [-0.25, -0.2) is 9.19 Å². The van der Waals surface area contributed by atoms with Gasteiger partial charge in [0.15, 0.2) is 0 Å². The predicted octanol–water partition coefficient (Wildman–Crippen LogP) is 2.64. The molecule has 1 heterocycles. The summed E-state index contributed by atoms with van der Waals surface area (Å²) in [4.78, 5) is 4.21. The highest BCUT2D eigenvalue weighted by atomic mass is 79.9. The molecular formula is C9H13BrN2OS. The minimum Gasteiger partial charge on any atom is -0.303 e. The first-order valence-electron chi connectivity index (χ1n) is 4.31. The number of rotatable bonds is 3. The Balaban J connectivity index is 2.82. The van der Waals surface area contributed by atoms with Gasteiger partial charge in [0.1, 0.15) is 15.6 Å². The van der Waals surface area contributed by atoms with Crippen LogP contribution < -0.4 is 4.72 Å². The molecule has 0 radical (unpaired) electrons. The molecule has 14 heavy (non-hydrogen) atoms. The first-order valence-corrected chi connectivity index (χ1v) is 6.31. The molecule has 0 spiro atoms. The van der Waals surface area contributed by atoms with Gasteiger partial charge >= 0.3 is 0 Å². The number of halogens is 1. The van der Waals surface area contributed by atoms with Crippen LogP contribution >= 0.6 is 15.9 Å². The summed E-state index contributed by atoms with van der Waals surface area (Å²) in [6.45, 7) is 5.69. The van der Waals surface area contributed by atoms with Gasteiger partial charge in [0.25, 0.3) is 0 Å². The van der Waals surface area contributed by atoms with Gasteiger partial charge in [-0.15, -0.1) is 0 Å². The number of pyridine rings is 1. The fraction of sp³-hybridized carbons (Fsp3) is 0.444. The van der Waals surface area contributed by atoms with Gasteiger partial charge in [-0.3, -0.25) is 0 Å². The summed E-state index contributed by atoms with van der Waals surface area (Å²) in [6.07, 6.45) is 0. The molecule has 0 aromatic carbocycles. The Kier molecular flexibility index (Phi) is 4.07. The van der Waals surface area contributed by atoms with Crippen molar-refractivity contribution in [3.8, 4) is 0 Å². The Hall–Kier alpha value is -0.420. The molecule has 0 fully saturated rings. The maximum absolute atomic E-state index is 11.5. The average molecular weight is 277 g/mol. The quantitative estimate of drug-likeness (QED) is 0.863. The monoisotopic (exact) mass is 276 g/mol. The number of nitrogens with one attached hydrogen (secondary N) is 1. The molecule has 0 bridgehead atoms. The molecule has 78 valence electrons. The van der Waals surface area contributed by atoms with E-state index in [2.05, 4.69) is 25.6 Å². The molecule has 0 saturated carbocycles. The van der Waals surface area contributed by atoms with E-state index in [1.165, 1.54) is 0 Å². The van der Waals surface area contributed by atoms with Crippen molar-refractivity contribution < 1.29 is 4.21 Å². The second-order valence-corrected chi connectivity index (χ2v) is 5.77. The normalized spacial score (nSPS) is 12.9. The molecule has 0 aliphatic carbocycles. The van der Waals surface area contributed by atoms with E-state index < -0.39 is 11.0 Å². The van der Waals surface area contributed by atoms with E-state index in [0.717, 1.165) is 16.0 Å². The predicted molar refractivity (Wildman–Crippen MR) is 63.6 cm³/mol. The lowest BCUT2D eigenvalue weighted by atomic mass is 10.3. The van der Waals surface area contributed by atoms with Crippen molar-refractivity contribution >= 4 is 32.6 Å². The Morgan fingerprint density at radius 2 is 2.14 bits per heavy atom. The van der Waals surface area contributed by atoms with E-state index in [1.54, 1.807) is 0 Å². The maximum atomic E-state index is 11.5. The number of aryl methyl sites for hydroxylation is 1. The molecule has 5 heteroatoms. The zero-order chi connectivity index (χ0) is 10.7. The number of anilines is 1. The van der Waals surface area contributed by atoms with Crippen LogP contribution in [0.25, 0.3) is 0 Å². The second kappa shape index (κ2) is 4.89. The summed E-state index contributed by atoms with van der Waals surface area (Å²) in [5.74, 6) is 0. The highest BCUT2D eigenvalue weighted by molar-refractivity contribution is 9.10. The minimum absolute atomic E-state index is 0.0954. The van der Waals surface area contributed by atoms with Crippen LogP contribution in [0.5, 0.6) is 0 Å². The van der Waals surface area contributed by atoms with Crippen LogP contribution in [0, 0.1) is 6.92 Å². The highest BCUT2D eigenvalue weighted by Crippen LogP contribution is 2.17. The second-order valence-electron chi connectivity index (χ2n) is 3.22. The maximum Gasteiger partial charge on any atom is 0.119 e. The van der Waals surface area contributed by atoms with Gasteiger partial charge in [0, 0.05) is 5.25 Å². The smallest absolute Gasteiger partial charge is 0.119 e. The number of hydrogen-bond donors (Lipinski definition) is 1. The summed E-state index contributed by atoms with van der Waals surface area (Å²) in [6, 6.07) is 3.69. The largest absolute Gasteiger partial charge is 0.303 e. The van der Waals surface area contributed by atoms with Crippen molar-refractivity contribution in [1.82, 2.24) is 4.98 Å². The lowest BCUT2D eigenvalue weighted by molar-refractivity contribution is 0.680. The minimum atomic E-state index is -1.04. The fourth-order valence-electron chi connectivity index (χ4n) is 0.865. The molecule has 1 rings (SSSR count). The summed E-state index contributed by atoms with van der Waals surface area (Å²) < 4.78 is 15.2. The highest BCUT2D eigenvalue weighted by Gasteiger charge is 2.07. The van der Waals surface area contributed by atoms with Crippen LogP contribution in [-0.2, 0) is 11.0 Å². The first-order chi connectivity index (χ1) is 6.50. The van der Waals surface area contributed by atoms with Gasteiger partial charge in [-0.05, 0) is 48.8 Å². The molecule has 1 N–H and O–H groups in total. The molecule has 1 aromatic heterocycles. The van der Waals surface area contributed by atoms with E-state index in [4.69, 9.17) is 0 Å². The van der Waals surface area contributed by atoms with E-state index in [9.17, 15) is 4.21 Å². The SMILES string of the molecule is Cc1nc(Br)ccc1NS(=O)C(C)C. The molecule has 0 saturated heterocycles. The Morgan fingerprint density at radius 1 is 1.50 bits per heavy atom. The summed E-state index contributed by atoms with van der Waals surface area (Å²) in [7, 11) is -1.04. The van der Waals surface area contributed by atoms with Crippen LogP contribution in [-0.4, -0.2) is 14.4 Å².